The molecule has 198 valence electrons. The standard InChI is InChI=1S/C30H26N2O7/c1-13-5-20-21(6-14(13)2)32-28-22(31-20)7-16(8-25(28)35-4)26-17-9-23-24(38-12-37-23)10-18(17)29(39-15(3)33)19-11-36-30(34)27(19)26/h5-10,19,26-27,29H,11-12H2,1-4H3/t19-,26+,27-,29-/m0/s1. The number of hydrogen-bond acceptors (Lipinski definition) is 9. The number of hydrogen-bond donors (Lipinski definition) is 0. The third kappa shape index (κ3) is 3.60. The van der Waals surface area contributed by atoms with E-state index in [0.717, 1.165) is 38.9 Å². The Hall–Kier alpha value is -4.40. The Bertz CT molecular complexity index is 1720. The highest BCUT2D eigenvalue weighted by atomic mass is 16.7. The molecule has 1 saturated heterocycles. The lowest BCUT2D eigenvalue weighted by Crippen LogP contribution is -2.36. The monoisotopic (exact) mass is 526 g/mol. The van der Waals surface area contributed by atoms with Crippen molar-refractivity contribution in [3.05, 3.63) is 64.2 Å². The number of aromatic nitrogens is 2. The average molecular weight is 527 g/mol. The van der Waals surface area contributed by atoms with E-state index in [1.807, 2.05) is 50.2 Å². The van der Waals surface area contributed by atoms with Gasteiger partial charge in [-0.2, -0.15) is 0 Å². The maximum atomic E-state index is 13.3. The number of ether oxygens (including phenoxy) is 5. The first-order chi connectivity index (χ1) is 18.8. The van der Waals surface area contributed by atoms with Gasteiger partial charge in [0.2, 0.25) is 6.79 Å². The molecule has 7 rings (SSSR count). The fraction of sp³-hybridized carbons (Fsp3) is 0.333. The summed E-state index contributed by atoms with van der Waals surface area (Å²) in [7, 11) is 1.60. The first-order valence-electron chi connectivity index (χ1n) is 12.9. The molecule has 1 aromatic heterocycles. The predicted octanol–water partition coefficient (Wildman–Crippen LogP) is 4.68. The zero-order chi connectivity index (χ0) is 27.0. The molecule has 0 spiro atoms. The van der Waals surface area contributed by atoms with E-state index >= 15 is 0 Å². The number of aryl methyl sites for hydroxylation is 2. The number of rotatable bonds is 3. The average Bonchev–Trinajstić information content (AvgIpc) is 3.53. The number of cyclic esters (lactones) is 1. The van der Waals surface area contributed by atoms with Crippen molar-refractivity contribution in [2.45, 2.75) is 32.8 Å². The van der Waals surface area contributed by atoms with E-state index in [0.29, 0.717) is 28.3 Å². The molecule has 0 unspecified atom stereocenters. The topological polar surface area (TPSA) is 106 Å². The summed E-state index contributed by atoms with van der Waals surface area (Å²) in [5.41, 5.74) is 7.55. The molecule has 0 amide bonds. The van der Waals surface area contributed by atoms with Crippen LogP contribution in [0.25, 0.3) is 22.1 Å². The first kappa shape index (κ1) is 23.7. The Labute approximate surface area is 224 Å². The van der Waals surface area contributed by atoms with Crippen LogP contribution in [0.15, 0.2) is 36.4 Å². The minimum Gasteiger partial charge on any atom is -0.494 e. The fourth-order valence-electron chi connectivity index (χ4n) is 6.20. The Morgan fingerprint density at radius 3 is 2.28 bits per heavy atom. The summed E-state index contributed by atoms with van der Waals surface area (Å²) < 4.78 is 28.5. The molecule has 0 radical (unpaired) electrons. The Kier molecular flexibility index (Phi) is 5.20. The van der Waals surface area contributed by atoms with Crippen molar-refractivity contribution in [2.75, 3.05) is 20.5 Å². The smallest absolute Gasteiger partial charge is 0.310 e. The lowest BCUT2D eigenvalue weighted by atomic mass is 9.66. The normalized spacial score (nSPS) is 22.9. The Balaban J connectivity index is 1.48. The summed E-state index contributed by atoms with van der Waals surface area (Å²) in [6.45, 7) is 5.71. The van der Waals surface area contributed by atoms with E-state index in [4.69, 9.17) is 33.7 Å². The molecule has 39 heavy (non-hydrogen) atoms. The van der Waals surface area contributed by atoms with Crippen molar-refractivity contribution in [2.24, 2.45) is 11.8 Å². The summed E-state index contributed by atoms with van der Waals surface area (Å²) in [5, 5.41) is 0. The molecule has 1 aliphatic carbocycles. The predicted molar refractivity (Wildman–Crippen MR) is 140 cm³/mol. The van der Waals surface area contributed by atoms with E-state index in [1.54, 1.807) is 7.11 Å². The molecule has 3 heterocycles. The number of fused-ring (bicyclic) bond motifs is 5. The van der Waals surface area contributed by atoms with Crippen molar-refractivity contribution in [1.29, 1.82) is 0 Å². The van der Waals surface area contributed by atoms with Crippen LogP contribution in [0, 0.1) is 25.7 Å². The highest BCUT2D eigenvalue weighted by Gasteiger charge is 2.54. The largest absolute Gasteiger partial charge is 0.494 e. The maximum absolute atomic E-state index is 13.3. The van der Waals surface area contributed by atoms with Crippen molar-refractivity contribution < 1.29 is 33.3 Å². The Morgan fingerprint density at radius 1 is 0.897 bits per heavy atom. The van der Waals surface area contributed by atoms with Crippen LogP contribution in [-0.4, -0.2) is 42.4 Å². The number of methoxy groups -OCH3 is 1. The van der Waals surface area contributed by atoms with Gasteiger partial charge >= 0.3 is 11.9 Å². The lowest BCUT2D eigenvalue weighted by Gasteiger charge is -2.38. The van der Waals surface area contributed by atoms with E-state index in [2.05, 4.69) is 0 Å². The molecule has 4 aromatic rings. The second kappa shape index (κ2) is 8.56. The van der Waals surface area contributed by atoms with E-state index in [1.165, 1.54) is 6.92 Å². The van der Waals surface area contributed by atoms with Gasteiger partial charge in [-0.05, 0) is 72.5 Å². The SMILES string of the molecule is COc1cc([C@@H]2c3cc4c(cc3[C@H](OC(C)=O)[C@H]3COC(=O)[C@H]23)OCO4)cc2nc3cc(C)c(C)cc3nc12. The highest BCUT2D eigenvalue weighted by molar-refractivity contribution is 5.91. The molecular weight excluding hydrogens is 500 g/mol. The second-order valence-corrected chi connectivity index (χ2v) is 10.4. The van der Waals surface area contributed by atoms with Gasteiger partial charge in [-0.25, -0.2) is 9.97 Å². The van der Waals surface area contributed by atoms with Crippen molar-refractivity contribution in [3.8, 4) is 17.2 Å². The van der Waals surface area contributed by atoms with Crippen LogP contribution in [-0.2, 0) is 19.1 Å². The van der Waals surface area contributed by atoms with Gasteiger partial charge in [0.15, 0.2) is 11.5 Å². The molecule has 3 aliphatic rings. The summed E-state index contributed by atoms with van der Waals surface area (Å²) in [4.78, 5) is 35.2. The maximum Gasteiger partial charge on any atom is 0.310 e. The van der Waals surface area contributed by atoms with E-state index in [-0.39, 0.29) is 25.3 Å². The molecule has 0 saturated carbocycles. The number of benzene rings is 3. The van der Waals surface area contributed by atoms with Gasteiger partial charge < -0.3 is 23.7 Å². The molecular formula is C30H26N2O7. The Morgan fingerprint density at radius 2 is 1.59 bits per heavy atom. The molecule has 2 aliphatic heterocycles. The van der Waals surface area contributed by atoms with Gasteiger partial charge in [0.05, 0.1) is 36.2 Å². The van der Waals surface area contributed by atoms with Crippen LogP contribution < -0.4 is 14.2 Å². The summed E-state index contributed by atoms with van der Waals surface area (Å²) in [5.74, 6) is -0.418. The third-order valence-electron chi connectivity index (χ3n) is 8.13. The van der Waals surface area contributed by atoms with E-state index < -0.39 is 23.9 Å². The van der Waals surface area contributed by atoms with Crippen molar-refractivity contribution in [3.63, 3.8) is 0 Å². The number of carbonyl (C=O) groups is 2. The van der Waals surface area contributed by atoms with Crippen LogP contribution in [0.5, 0.6) is 17.2 Å². The van der Waals surface area contributed by atoms with Gasteiger partial charge in [-0.15, -0.1) is 0 Å². The number of nitrogens with zero attached hydrogens (tertiary/aromatic N) is 2. The van der Waals surface area contributed by atoms with Crippen LogP contribution in [0.2, 0.25) is 0 Å². The van der Waals surface area contributed by atoms with Gasteiger partial charge in [-0.1, -0.05) is 0 Å². The molecule has 1 fully saturated rings. The zero-order valence-corrected chi connectivity index (χ0v) is 21.9. The quantitative estimate of drug-likeness (QED) is 0.278. The zero-order valence-electron chi connectivity index (χ0n) is 21.9. The fourth-order valence-corrected chi connectivity index (χ4v) is 6.20. The second-order valence-electron chi connectivity index (χ2n) is 10.4. The third-order valence-corrected chi connectivity index (χ3v) is 8.13. The van der Waals surface area contributed by atoms with E-state index in [9.17, 15) is 9.59 Å². The summed E-state index contributed by atoms with van der Waals surface area (Å²) >= 11 is 0. The summed E-state index contributed by atoms with van der Waals surface area (Å²) in [6, 6.07) is 11.7. The van der Waals surface area contributed by atoms with Crippen LogP contribution in [0.1, 0.15) is 46.8 Å². The molecule has 3 aromatic carbocycles. The minimum atomic E-state index is -0.656. The molecule has 4 atom stereocenters. The summed E-state index contributed by atoms with van der Waals surface area (Å²) in [6.07, 6.45) is -0.656. The lowest BCUT2D eigenvalue weighted by molar-refractivity contribution is -0.152. The van der Waals surface area contributed by atoms with Crippen LogP contribution in [0.3, 0.4) is 0 Å². The van der Waals surface area contributed by atoms with Gasteiger partial charge in [0, 0.05) is 24.3 Å². The van der Waals surface area contributed by atoms with Crippen LogP contribution in [0.4, 0.5) is 0 Å². The minimum absolute atomic E-state index is 0.0986. The molecule has 0 N–H and O–H groups in total. The highest BCUT2D eigenvalue weighted by Crippen LogP contribution is 2.55. The van der Waals surface area contributed by atoms with Crippen molar-refractivity contribution in [1.82, 2.24) is 9.97 Å². The van der Waals surface area contributed by atoms with Crippen LogP contribution >= 0.6 is 0 Å². The molecule has 9 nitrogen and oxygen atoms in total. The molecule has 0 bridgehead atoms. The van der Waals surface area contributed by atoms with Crippen molar-refractivity contribution >= 4 is 34.0 Å². The number of carbonyl (C=O) groups excluding carboxylic acids is 2. The molecule has 9 heteroatoms. The van der Waals surface area contributed by atoms with Gasteiger partial charge in [0.25, 0.3) is 0 Å². The first-order valence-corrected chi connectivity index (χ1v) is 12.9. The number of esters is 2. The van der Waals surface area contributed by atoms with Gasteiger partial charge in [0.1, 0.15) is 17.4 Å². The van der Waals surface area contributed by atoms with Gasteiger partial charge in [-0.3, -0.25) is 9.59 Å².